The summed E-state index contributed by atoms with van der Waals surface area (Å²) in [6.07, 6.45) is 2.11. The number of pyridine rings is 1. The molecule has 318 valence electrons. The summed E-state index contributed by atoms with van der Waals surface area (Å²) in [4.78, 5) is 61.9. The number of anilines is 2. The van der Waals surface area contributed by atoms with Crippen LogP contribution in [0.3, 0.4) is 0 Å². The van der Waals surface area contributed by atoms with Gasteiger partial charge in [0.25, 0.3) is 5.91 Å². The van der Waals surface area contributed by atoms with Gasteiger partial charge >= 0.3 is 11.9 Å². The Morgan fingerprint density at radius 3 is 2.37 bits per heavy atom. The molecule has 3 aromatic heterocycles. The van der Waals surface area contributed by atoms with Gasteiger partial charge < -0.3 is 20.6 Å². The smallest absolute Gasteiger partial charge is 0.386 e. The first-order valence-corrected chi connectivity index (χ1v) is 21.4. The molecule has 0 bridgehead atoms. The van der Waals surface area contributed by atoms with Gasteiger partial charge in [0.1, 0.15) is 17.4 Å². The number of carbonyl (C=O) groups excluding carboxylic acids is 3. The second kappa shape index (κ2) is 16.4. The average molecular weight is 847 g/mol. The molecule has 3 amide bonds. The van der Waals surface area contributed by atoms with Gasteiger partial charge in [-0.2, -0.15) is 13.2 Å². The summed E-state index contributed by atoms with van der Waals surface area (Å²) in [6, 6.07) is 11.6. The van der Waals surface area contributed by atoms with Gasteiger partial charge in [0, 0.05) is 43.7 Å². The largest absolute Gasteiger partial charge is 0.433 e. The second-order valence-corrected chi connectivity index (χ2v) is 18.1. The minimum atomic E-state index is -4.69. The lowest BCUT2D eigenvalue weighted by Crippen LogP contribution is -2.44. The molecule has 1 atom stereocenters. The number of nitrogens with one attached hydrogen (secondary N) is 3. The highest BCUT2D eigenvalue weighted by atomic mass is 32.1. The van der Waals surface area contributed by atoms with E-state index in [-0.39, 0.29) is 23.7 Å². The average Bonchev–Trinajstić information content (AvgIpc) is 3.74. The number of aromatic nitrogens is 4. The summed E-state index contributed by atoms with van der Waals surface area (Å²) in [7, 11) is 1.71. The maximum atomic E-state index is 13.3. The van der Waals surface area contributed by atoms with Crippen LogP contribution in [0.15, 0.2) is 53.3 Å². The summed E-state index contributed by atoms with van der Waals surface area (Å²) in [5, 5.41) is 20.7. The zero-order chi connectivity index (χ0) is 42.5. The summed E-state index contributed by atoms with van der Waals surface area (Å²) >= 11 is 1.55. The van der Waals surface area contributed by atoms with Crippen LogP contribution in [0.25, 0.3) is 21.3 Å². The molecule has 2 aliphatic heterocycles. The fraction of sp³-hybridized carbons (Fsp3) is 0.488. The maximum absolute atomic E-state index is 13.3. The number of imidazole rings is 1. The van der Waals surface area contributed by atoms with Crippen molar-refractivity contribution in [2.75, 3.05) is 36.8 Å². The number of hydrogen-bond acceptors (Lipinski definition) is 10. The molecule has 13 nitrogen and oxygen atoms in total. The van der Waals surface area contributed by atoms with Crippen molar-refractivity contribution >= 4 is 61.7 Å². The Balaban J connectivity index is 0.847. The quantitative estimate of drug-likeness (QED) is 0.109. The van der Waals surface area contributed by atoms with E-state index in [9.17, 15) is 37.5 Å². The predicted octanol–water partition coefficient (Wildman–Crippen LogP) is 6.92. The van der Waals surface area contributed by atoms with Crippen LogP contribution in [0.4, 0.5) is 24.5 Å². The first-order valence-electron chi connectivity index (χ1n) is 20.6. The second-order valence-electron chi connectivity index (χ2n) is 17.0. The number of benzene rings is 2. The van der Waals surface area contributed by atoms with Crippen molar-refractivity contribution in [3.05, 3.63) is 81.0 Å². The van der Waals surface area contributed by atoms with Gasteiger partial charge in [0.15, 0.2) is 0 Å². The number of halogens is 3. The number of amides is 3. The number of aryl methyl sites for hydroxylation is 1. The van der Waals surface area contributed by atoms with Gasteiger partial charge in [0.05, 0.1) is 37.5 Å². The van der Waals surface area contributed by atoms with Crippen LogP contribution in [0.1, 0.15) is 104 Å². The lowest BCUT2D eigenvalue weighted by Gasteiger charge is -2.36. The molecule has 2 aromatic carbocycles. The Hall–Kier alpha value is -5.13. The van der Waals surface area contributed by atoms with Crippen molar-refractivity contribution in [3.8, 4) is 0 Å². The predicted molar refractivity (Wildman–Crippen MR) is 223 cm³/mol. The summed E-state index contributed by atoms with van der Waals surface area (Å²) in [5.41, 5.74) is 0.476. The SMILES string of the molecule is Cn1c(=O)n(C2CCC(=O)NC2=O)c2cccc(NCC3CCN(C[C@H]4CC[C@H](c5nc6cc(C(C)(C)O)c(NC(=O)c7cccc(C(F)(F)F)n7)cc6s5)CC4)CC3)c21. The Kier molecular flexibility index (Phi) is 11.4. The molecule has 2 saturated heterocycles. The van der Waals surface area contributed by atoms with Crippen molar-refractivity contribution in [2.24, 2.45) is 18.9 Å². The first-order chi connectivity index (χ1) is 28.5. The normalized spacial score (nSPS) is 21.1. The molecule has 4 N–H and O–H groups in total. The molecule has 5 heterocycles. The van der Waals surface area contributed by atoms with Crippen LogP contribution in [0.2, 0.25) is 0 Å². The molecule has 1 saturated carbocycles. The minimum Gasteiger partial charge on any atom is -0.386 e. The minimum absolute atomic E-state index is 0.194. The van der Waals surface area contributed by atoms with Gasteiger partial charge in [-0.3, -0.25) is 28.8 Å². The van der Waals surface area contributed by atoms with E-state index in [1.807, 2.05) is 18.2 Å². The maximum Gasteiger partial charge on any atom is 0.433 e. The Morgan fingerprint density at radius 2 is 1.67 bits per heavy atom. The molecule has 60 heavy (non-hydrogen) atoms. The molecule has 17 heteroatoms. The topological polar surface area (TPSA) is 163 Å². The van der Waals surface area contributed by atoms with Gasteiger partial charge in [-0.05, 0) is 120 Å². The number of hydrogen-bond donors (Lipinski definition) is 4. The van der Waals surface area contributed by atoms with Crippen LogP contribution >= 0.6 is 11.3 Å². The number of piperidine rings is 2. The standard InChI is InChI=1S/C43H49F3N8O5S/c1-42(2,59)27-20-31-34(21-30(27)49-38(56)29-7-5-9-35(48-29)43(44,45)46)60-40(50-31)26-12-10-25(11-13-26)23-53-18-16-24(17-19-53)22-47-28-6-4-8-32-37(28)52(3)41(58)54(32)33-14-15-36(55)51-39(33)57/h4-9,20-21,24-26,33,47,59H,10-19,22-23H2,1-3H3,(H,49,56)(H,51,55,57)/t25-,26-,33?. The Bertz CT molecular complexity index is 2510. The third-order valence-electron chi connectivity index (χ3n) is 12.3. The molecule has 0 radical (unpaired) electrons. The number of carbonyl (C=O) groups is 3. The lowest BCUT2D eigenvalue weighted by molar-refractivity contribution is -0.141. The van der Waals surface area contributed by atoms with E-state index < -0.39 is 35.3 Å². The van der Waals surface area contributed by atoms with Crippen LogP contribution in [-0.2, 0) is 28.4 Å². The van der Waals surface area contributed by atoms with E-state index in [0.29, 0.717) is 46.5 Å². The highest BCUT2D eigenvalue weighted by Gasteiger charge is 2.35. The Labute approximate surface area is 348 Å². The molecule has 1 unspecified atom stereocenters. The number of para-hydroxylation sites is 1. The number of likely N-dealkylation sites (tertiary alicyclic amines) is 1. The van der Waals surface area contributed by atoms with Crippen molar-refractivity contribution < 1.29 is 32.7 Å². The summed E-state index contributed by atoms with van der Waals surface area (Å²) in [5.74, 6) is -0.218. The van der Waals surface area contributed by atoms with E-state index >= 15 is 0 Å². The van der Waals surface area contributed by atoms with Gasteiger partial charge in [-0.15, -0.1) is 11.3 Å². The van der Waals surface area contributed by atoms with Crippen LogP contribution in [0, 0.1) is 11.8 Å². The number of alkyl halides is 3. The van der Waals surface area contributed by atoms with E-state index in [1.54, 1.807) is 48.9 Å². The summed E-state index contributed by atoms with van der Waals surface area (Å²) < 4.78 is 43.7. The molecule has 3 aliphatic rings. The molecule has 5 aromatic rings. The molecule has 8 rings (SSSR count). The molecule has 3 fully saturated rings. The highest BCUT2D eigenvalue weighted by molar-refractivity contribution is 7.18. The third-order valence-corrected chi connectivity index (χ3v) is 13.5. The van der Waals surface area contributed by atoms with E-state index in [1.165, 1.54) is 10.6 Å². The van der Waals surface area contributed by atoms with Gasteiger partial charge in [0.2, 0.25) is 11.8 Å². The number of aliphatic hydroxyl groups is 1. The first kappa shape index (κ1) is 41.6. The number of fused-ring (bicyclic) bond motifs is 2. The highest BCUT2D eigenvalue weighted by Crippen LogP contribution is 2.42. The zero-order valence-corrected chi connectivity index (χ0v) is 34.6. The van der Waals surface area contributed by atoms with Gasteiger partial charge in [-0.1, -0.05) is 12.1 Å². The summed E-state index contributed by atoms with van der Waals surface area (Å²) in [6.45, 7) is 7.03. The number of rotatable bonds is 10. The van der Waals surface area contributed by atoms with Crippen molar-refractivity contribution in [2.45, 2.75) is 89.0 Å². The Morgan fingerprint density at radius 1 is 0.933 bits per heavy atom. The number of nitrogens with zero attached hydrogens (tertiary/aromatic N) is 5. The van der Waals surface area contributed by atoms with Crippen LogP contribution < -0.4 is 21.6 Å². The van der Waals surface area contributed by atoms with Gasteiger partial charge in [-0.25, -0.2) is 14.8 Å². The molecule has 0 spiro atoms. The van der Waals surface area contributed by atoms with E-state index in [2.05, 4.69) is 25.8 Å². The fourth-order valence-corrected chi connectivity index (χ4v) is 10.2. The zero-order valence-electron chi connectivity index (χ0n) is 33.8. The van der Waals surface area contributed by atoms with Crippen LogP contribution in [-0.4, -0.2) is 73.0 Å². The fourth-order valence-electron chi connectivity index (χ4n) is 9.08. The number of thiazole rings is 1. The monoisotopic (exact) mass is 846 g/mol. The van der Waals surface area contributed by atoms with E-state index in [0.717, 1.165) is 97.7 Å². The molecule has 1 aliphatic carbocycles. The molecular weight excluding hydrogens is 798 g/mol. The van der Waals surface area contributed by atoms with Crippen LogP contribution in [0.5, 0.6) is 0 Å². The molecular formula is C43H49F3N8O5S. The third kappa shape index (κ3) is 8.57. The van der Waals surface area contributed by atoms with Crippen molar-refractivity contribution in [1.82, 2.24) is 29.3 Å². The van der Waals surface area contributed by atoms with Crippen molar-refractivity contribution in [3.63, 3.8) is 0 Å². The van der Waals surface area contributed by atoms with Crippen molar-refractivity contribution in [1.29, 1.82) is 0 Å². The number of imide groups is 1. The van der Waals surface area contributed by atoms with E-state index in [4.69, 9.17) is 4.98 Å². The lowest BCUT2D eigenvalue weighted by atomic mass is 9.81.